The van der Waals surface area contributed by atoms with Gasteiger partial charge in [0.2, 0.25) is 5.76 Å². The van der Waals surface area contributed by atoms with Crippen LogP contribution in [0.5, 0.6) is 0 Å². The fourth-order valence-electron chi connectivity index (χ4n) is 1.80. The molecule has 0 aliphatic heterocycles. The van der Waals surface area contributed by atoms with E-state index in [1.54, 1.807) is 6.92 Å². The first-order valence-corrected chi connectivity index (χ1v) is 6.01. The molecule has 0 saturated carbocycles. The lowest BCUT2D eigenvalue weighted by atomic mass is 10.2. The average Bonchev–Trinajstić information content (AvgIpc) is 2.77. The number of rotatable bonds is 4. The van der Waals surface area contributed by atoms with Gasteiger partial charge in [0.05, 0.1) is 5.56 Å². The summed E-state index contributed by atoms with van der Waals surface area (Å²) in [5, 5.41) is 11.6. The van der Waals surface area contributed by atoms with Crippen LogP contribution in [0.25, 0.3) is 0 Å². The van der Waals surface area contributed by atoms with Gasteiger partial charge in [0.15, 0.2) is 0 Å². The SMILES string of the molecule is Cc1oc(C(=O)O)cc1CNc1cccc(C(F)(F)F)c1. The molecule has 0 amide bonds. The van der Waals surface area contributed by atoms with Gasteiger partial charge in [-0.3, -0.25) is 0 Å². The van der Waals surface area contributed by atoms with E-state index in [0.717, 1.165) is 12.1 Å². The molecule has 0 atom stereocenters. The minimum absolute atomic E-state index is 0.171. The smallest absolute Gasteiger partial charge is 0.416 e. The number of furan rings is 1. The van der Waals surface area contributed by atoms with E-state index in [9.17, 15) is 18.0 Å². The van der Waals surface area contributed by atoms with Gasteiger partial charge in [-0.1, -0.05) is 6.07 Å². The van der Waals surface area contributed by atoms with E-state index >= 15 is 0 Å². The zero-order valence-electron chi connectivity index (χ0n) is 11.0. The van der Waals surface area contributed by atoms with Crippen molar-refractivity contribution in [3.05, 3.63) is 53.0 Å². The molecular weight excluding hydrogens is 287 g/mol. The Bertz CT molecular complexity index is 662. The quantitative estimate of drug-likeness (QED) is 0.898. The van der Waals surface area contributed by atoms with Crippen molar-refractivity contribution in [2.24, 2.45) is 0 Å². The molecule has 1 aromatic heterocycles. The Labute approximate surface area is 118 Å². The number of nitrogens with one attached hydrogen (secondary N) is 1. The number of carbonyl (C=O) groups is 1. The average molecular weight is 299 g/mol. The highest BCUT2D eigenvalue weighted by atomic mass is 19.4. The molecule has 0 aliphatic carbocycles. The molecule has 0 fully saturated rings. The summed E-state index contributed by atoms with van der Waals surface area (Å²) in [5.74, 6) is -0.983. The molecule has 2 N–H and O–H groups in total. The van der Waals surface area contributed by atoms with Crippen LogP contribution in [-0.4, -0.2) is 11.1 Å². The number of hydrogen-bond acceptors (Lipinski definition) is 3. The van der Waals surface area contributed by atoms with Crippen molar-refractivity contribution in [3.63, 3.8) is 0 Å². The molecule has 7 heteroatoms. The van der Waals surface area contributed by atoms with Crippen molar-refractivity contribution < 1.29 is 27.5 Å². The van der Waals surface area contributed by atoms with Gasteiger partial charge in [0.1, 0.15) is 5.76 Å². The highest BCUT2D eigenvalue weighted by Crippen LogP contribution is 2.30. The van der Waals surface area contributed by atoms with Crippen LogP contribution < -0.4 is 5.32 Å². The van der Waals surface area contributed by atoms with Crippen molar-refractivity contribution in [1.29, 1.82) is 0 Å². The van der Waals surface area contributed by atoms with Gasteiger partial charge in [0, 0.05) is 17.8 Å². The van der Waals surface area contributed by atoms with E-state index in [1.165, 1.54) is 18.2 Å². The second kappa shape index (κ2) is 5.51. The summed E-state index contributed by atoms with van der Waals surface area (Å²) in [6.45, 7) is 1.76. The van der Waals surface area contributed by atoms with Crippen molar-refractivity contribution >= 4 is 11.7 Å². The fraction of sp³-hybridized carbons (Fsp3) is 0.214. The first kappa shape index (κ1) is 15.0. The topological polar surface area (TPSA) is 62.5 Å². The molecule has 0 bridgehead atoms. The Morgan fingerprint density at radius 2 is 2.05 bits per heavy atom. The summed E-state index contributed by atoms with van der Waals surface area (Å²) in [6, 6.07) is 6.13. The lowest BCUT2D eigenvalue weighted by molar-refractivity contribution is -0.137. The number of carboxylic acids is 1. The molecule has 1 heterocycles. The van der Waals surface area contributed by atoms with E-state index in [-0.39, 0.29) is 12.3 Å². The largest absolute Gasteiger partial charge is 0.475 e. The maximum Gasteiger partial charge on any atom is 0.416 e. The van der Waals surface area contributed by atoms with E-state index in [1.807, 2.05) is 0 Å². The molecular formula is C14H12F3NO3. The van der Waals surface area contributed by atoms with Gasteiger partial charge >= 0.3 is 12.1 Å². The van der Waals surface area contributed by atoms with E-state index < -0.39 is 17.7 Å². The van der Waals surface area contributed by atoms with Crippen molar-refractivity contribution in [2.45, 2.75) is 19.6 Å². The van der Waals surface area contributed by atoms with Gasteiger partial charge in [0.25, 0.3) is 0 Å². The van der Waals surface area contributed by atoms with Crippen LogP contribution in [0.2, 0.25) is 0 Å². The molecule has 4 nitrogen and oxygen atoms in total. The van der Waals surface area contributed by atoms with Gasteiger partial charge in [-0.2, -0.15) is 13.2 Å². The normalized spacial score (nSPS) is 11.4. The Morgan fingerprint density at radius 3 is 2.62 bits per heavy atom. The number of benzene rings is 1. The summed E-state index contributed by atoms with van der Waals surface area (Å²) in [7, 11) is 0. The molecule has 1 aromatic carbocycles. The lowest BCUT2D eigenvalue weighted by Gasteiger charge is -2.10. The monoisotopic (exact) mass is 299 g/mol. The zero-order valence-corrected chi connectivity index (χ0v) is 11.0. The van der Waals surface area contributed by atoms with Crippen molar-refractivity contribution in [1.82, 2.24) is 0 Å². The molecule has 2 rings (SSSR count). The minimum atomic E-state index is -4.40. The summed E-state index contributed by atoms with van der Waals surface area (Å²) in [6.07, 6.45) is -4.40. The van der Waals surface area contributed by atoms with Crippen molar-refractivity contribution in [2.75, 3.05) is 5.32 Å². The number of carboxylic acid groups (broad SMARTS) is 1. The third-order valence-electron chi connectivity index (χ3n) is 2.90. The van der Waals surface area contributed by atoms with E-state index in [2.05, 4.69) is 5.32 Å². The van der Waals surface area contributed by atoms with E-state index in [0.29, 0.717) is 17.0 Å². The fourth-order valence-corrected chi connectivity index (χ4v) is 1.80. The Hall–Kier alpha value is -2.44. The van der Waals surface area contributed by atoms with Crippen LogP contribution in [0.3, 0.4) is 0 Å². The van der Waals surface area contributed by atoms with Crippen LogP contribution >= 0.6 is 0 Å². The second-order valence-corrected chi connectivity index (χ2v) is 4.43. The number of halogens is 3. The lowest BCUT2D eigenvalue weighted by Crippen LogP contribution is -2.06. The summed E-state index contributed by atoms with van der Waals surface area (Å²) < 4.78 is 42.8. The highest BCUT2D eigenvalue weighted by molar-refractivity contribution is 5.84. The van der Waals surface area contributed by atoms with Crippen LogP contribution in [0.15, 0.2) is 34.7 Å². The van der Waals surface area contributed by atoms with Crippen LogP contribution in [-0.2, 0) is 12.7 Å². The number of aromatic carboxylic acids is 1. The Kier molecular flexibility index (Phi) is 3.93. The summed E-state index contributed by atoms with van der Waals surface area (Å²) in [4.78, 5) is 10.8. The molecule has 0 spiro atoms. The van der Waals surface area contributed by atoms with Gasteiger partial charge < -0.3 is 14.8 Å². The van der Waals surface area contributed by atoms with Crippen LogP contribution in [0.4, 0.5) is 18.9 Å². The first-order chi connectivity index (χ1) is 9.77. The third kappa shape index (κ3) is 3.56. The number of alkyl halides is 3. The highest BCUT2D eigenvalue weighted by Gasteiger charge is 2.30. The molecule has 0 radical (unpaired) electrons. The maximum absolute atomic E-state index is 12.6. The number of anilines is 1. The predicted molar refractivity (Wildman–Crippen MR) is 69.2 cm³/mol. The predicted octanol–water partition coefficient (Wildman–Crippen LogP) is 3.92. The van der Waals surface area contributed by atoms with Crippen LogP contribution in [0, 0.1) is 6.92 Å². The molecule has 21 heavy (non-hydrogen) atoms. The standard InChI is InChI=1S/C14H12F3NO3/c1-8-9(5-12(21-8)13(19)20)7-18-11-4-2-3-10(6-11)14(15,16)17/h2-6,18H,7H2,1H3,(H,19,20). The maximum atomic E-state index is 12.6. The molecule has 0 saturated heterocycles. The molecule has 0 aliphatic rings. The van der Waals surface area contributed by atoms with Gasteiger partial charge in [-0.05, 0) is 31.2 Å². The molecule has 0 unspecified atom stereocenters. The summed E-state index contributed by atoms with van der Waals surface area (Å²) >= 11 is 0. The molecule has 112 valence electrons. The number of aryl methyl sites for hydroxylation is 1. The zero-order chi connectivity index (χ0) is 15.6. The molecule has 2 aromatic rings. The first-order valence-electron chi connectivity index (χ1n) is 6.01. The third-order valence-corrected chi connectivity index (χ3v) is 2.90. The van der Waals surface area contributed by atoms with Gasteiger partial charge in [-0.15, -0.1) is 0 Å². The summed E-state index contributed by atoms with van der Waals surface area (Å²) in [5.41, 5.74) is 0.120. The van der Waals surface area contributed by atoms with Crippen molar-refractivity contribution in [3.8, 4) is 0 Å². The minimum Gasteiger partial charge on any atom is -0.475 e. The number of hydrogen-bond donors (Lipinski definition) is 2. The second-order valence-electron chi connectivity index (χ2n) is 4.43. The van der Waals surface area contributed by atoms with Gasteiger partial charge in [-0.25, -0.2) is 4.79 Å². The Morgan fingerprint density at radius 1 is 1.33 bits per heavy atom. The van der Waals surface area contributed by atoms with E-state index in [4.69, 9.17) is 9.52 Å². The Balaban J connectivity index is 2.12. The van der Waals surface area contributed by atoms with Crippen LogP contribution in [0.1, 0.15) is 27.4 Å².